The lowest BCUT2D eigenvalue weighted by Crippen LogP contribution is -2.34. The van der Waals surface area contributed by atoms with Gasteiger partial charge in [-0.2, -0.15) is 0 Å². The monoisotopic (exact) mass is 499 g/mol. The normalized spacial score (nSPS) is 14.0. The highest BCUT2D eigenvalue weighted by molar-refractivity contribution is 14.1. The van der Waals surface area contributed by atoms with E-state index in [1.807, 2.05) is 30.3 Å². The lowest BCUT2D eigenvalue weighted by molar-refractivity contribution is 0.0977. The molecule has 2 aromatic rings. The molecule has 0 aliphatic carbocycles. The maximum atomic E-state index is 12.2. The van der Waals surface area contributed by atoms with Crippen LogP contribution in [0.3, 0.4) is 0 Å². The van der Waals surface area contributed by atoms with Crippen LogP contribution >= 0.6 is 46.4 Å². The molecule has 0 saturated carbocycles. The summed E-state index contributed by atoms with van der Waals surface area (Å²) in [7, 11) is 0. The van der Waals surface area contributed by atoms with Gasteiger partial charge in [0.15, 0.2) is 5.11 Å². The molecule has 2 aromatic carbocycles. The first kappa shape index (κ1) is 19.4. The van der Waals surface area contributed by atoms with Gasteiger partial charge in [-0.1, -0.05) is 11.6 Å². The van der Waals surface area contributed by atoms with E-state index in [2.05, 4.69) is 38.1 Å². The van der Waals surface area contributed by atoms with Gasteiger partial charge in [0.25, 0.3) is 5.91 Å². The Morgan fingerprint density at radius 2 is 1.77 bits per heavy atom. The fourth-order valence-electron chi connectivity index (χ4n) is 2.91. The molecule has 26 heavy (non-hydrogen) atoms. The number of piperidine rings is 1. The topological polar surface area (TPSA) is 44.4 Å². The van der Waals surface area contributed by atoms with E-state index < -0.39 is 0 Å². The van der Waals surface area contributed by atoms with Crippen LogP contribution in [0.1, 0.15) is 29.6 Å². The third-order valence-corrected chi connectivity index (χ3v) is 5.46. The van der Waals surface area contributed by atoms with Crippen molar-refractivity contribution in [2.45, 2.75) is 19.3 Å². The molecular formula is C19H19ClIN3OS. The number of nitrogens with zero attached hydrogens (tertiary/aromatic N) is 1. The van der Waals surface area contributed by atoms with E-state index in [1.165, 1.54) is 19.3 Å². The number of amides is 1. The van der Waals surface area contributed by atoms with Gasteiger partial charge in [-0.25, -0.2) is 0 Å². The minimum Gasteiger partial charge on any atom is -0.370 e. The van der Waals surface area contributed by atoms with E-state index in [1.54, 1.807) is 12.1 Å². The second kappa shape index (κ2) is 9.01. The van der Waals surface area contributed by atoms with Gasteiger partial charge in [0.2, 0.25) is 0 Å². The van der Waals surface area contributed by atoms with Crippen molar-refractivity contribution in [3.8, 4) is 0 Å². The first-order valence-corrected chi connectivity index (χ1v) is 10.3. The van der Waals surface area contributed by atoms with Crippen molar-refractivity contribution in [3.63, 3.8) is 0 Å². The molecule has 7 heteroatoms. The van der Waals surface area contributed by atoms with E-state index in [0.29, 0.717) is 10.6 Å². The van der Waals surface area contributed by atoms with Crippen molar-refractivity contribution >= 4 is 68.8 Å². The predicted octanol–water partition coefficient (Wildman–Crippen LogP) is 5.06. The van der Waals surface area contributed by atoms with Gasteiger partial charge in [-0.3, -0.25) is 10.1 Å². The van der Waals surface area contributed by atoms with Crippen LogP contribution in [-0.4, -0.2) is 24.1 Å². The number of benzene rings is 2. The second-order valence-electron chi connectivity index (χ2n) is 6.13. The van der Waals surface area contributed by atoms with E-state index in [9.17, 15) is 4.79 Å². The number of anilines is 2. The van der Waals surface area contributed by atoms with Crippen molar-refractivity contribution in [2.75, 3.05) is 23.3 Å². The van der Waals surface area contributed by atoms with Gasteiger partial charge in [0.05, 0.1) is 10.7 Å². The van der Waals surface area contributed by atoms with Crippen molar-refractivity contribution in [1.82, 2.24) is 5.32 Å². The molecule has 1 fully saturated rings. The van der Waals surface area contributed by atoms with Gasteiger partial charge >= 0.3 is 0 Å². The average Bonchev–Trinajstić information content (AvgIpc) is 2.63. The number of nitrogens with one attached hydrogen (secondary N) is 2. The van der Waals surface area contributed by atoms with Crippen LogP contribution in [0.2, 0.25) is 5.02 Å². The summed E-state index contributed by atoms with van der Waals surface area (Å²) in [6.45, 7) is 2.08. The zero-order chi connectivity index (χ0) is 18.5. The maximum Gasteiger partial charge on any atom is 0.257 e. The maximum absolute atomic E-state index is 12.2. The van der Waals surface area contributed by atoms with E-state index in [4.69, 9.17) is 23.8 Å². The highest BCUT2D eigenvalue weighted by Gasteiger charge is 2.14. The Balaban J connectivity index is 1.61. The second-order valence-corrected chi connectivity index (χ2v) is 8.19. The molecule has 0 bridgehead atoms. The van der Waals surface area contributed by atoms with Crippen LogP contribution in [0.5, 0.6) is 0 Å². The van der Waals surface area contributed by atoms with Crippen LogP contribution in [0, 0.1) is 3.57 Å². The molecule has 0 atom stereocenters. The molecule has 0 unspecified atom stereocenters. The molecule has 1 saturated heterocycles. The molecule has 136 valence electrons. The molecule has 1 aliphatic heterocycles. The molecule has 0 radical (unpaired) electrons. The Hall–Kier alpha value is -1.38. The average molecular weight is 500 g/mol. The molecule has 0 spiro atoms. The predicted molar refractivity (Wildman–Crippen MR) is 120 cm³/mol. The minimum atomic E-state index is -0.241. The van der Waals surface area contributed by atoms with Gasteiger partial charge in [0, 0.05) is 27.9 Å². The summed E-state index contributed by atoms with van der Waals surface area (Å²) in [5, 5.41) is 6.64. The van der Waals surface area contributed by atoms with Crippen molar-refractivity contribution < 1.29 is 4.79 Å². The number of carbonyl (C=O) groups is 1. The summed E-state index contributed by atoms with van der Waals surface area (Å²) < 4.78 is 1.07. The number of hydrogen-bond donors (Lipinski definition) is 2. The number of hydrogen-bond acceptors (Lipinski definition) is 3. The van der Waals surface area contributed by atoms with Gasteiger partial charge in [-0.05, 0) is 96.5 Å². The lowest BCUT2D eigenvalue weighted by atomic mass is 10.1. The fourth-order valence-corrected chi connectivity index (χ4v) is 3.79. The largest absolute Gasteiger partial charge is 0.370 e. The molecular weight excluding hydrogens is 481 g/mol. The third kappa shape index (κ3) is 5.08. The van der Waals surface area contributed by atoms with Crippen LogP contribution in [-0.2, 0) is 0 Å². The van der Waals surface area contributed by atoms with Crippen molar-refractivity contribution in [2.24, 2.45) is 0 Å². The Morgan fingerprint density at radius 3 is 2.42 bits per heavy atom. The summed E-state index contributed by atoms with van der Waals surface area (Å²) in [6, 6.07) is 13.1. The van der Waals surface area contributed by atoms with Crippen molar-refractivity contribution in [1.29, 1.82) is 0 Å². The van der Waals surface area contributed by atoms with E-state index in [0.717, 1.165) is 28.0 Å². The quantitative estimate of drug-likeness (QED) is 0.458. The Bertz CT molecular complexity index is 807. The smallest absolute Gasteiger partial charge is 0.257 e. The van der Waals surface area contributed by atoms with Crippen LogP contribution in [0.15, 0.2) is 42.5 Å². The molecule has 4 nitrogen and oxygen atoms in total. The summed E-state index contributed by atoms with van der Waals surface area (Å²) in [4.78, 5) is 14.5. The van der Waals surface area contributed by atoms with Gasteiger partial charge < -0.3 is 10.2 Å². The molecule has 1 aliphatic rings. The third-order valence-electron chi connectivity index (χ3n) is 4.24. The zero-order valence-electron chi connectivity index (χ0n) is 14.1. The SMILES string of the molecule is O=C(NC(=S)Nc1ccc(N2CCCCC2)c(Cl)c1)c1ccc(I)cc1. The fraction of sp³-hybridized carbons (Fsp3) is 0.263. The first-order valence-electron chi connectivity index (χ1n) is 8.45. The minimum absolute atomic E-state index is 0.241. The van der Waals surface area contributed by atoms with Crippen LogP contribution < -0.4 is 15.5 Å². The zero-order valence-corrected chi connectivity index (χ0v) is 17.8. The number of thiocarbonyl (C=S) groups is 1. The summed E-state index contributed by atoms with van der Waals surface area (Å²) in [5.41, 5.74) is 2.36. The van der Waals surface area contributed by atoms with Crippen LogP contribution in [0.4, 0.5) is 11.4 Å². The number of carbonyl (C=O) groups excluding carboxylic acids is 1. The number of halogens is 2. The lowest BCUT2D eigenvalue weighted by Gasteiger charge is -2.29. The molecule has 3 rings (SSSR count). The van der Waals surface area contributed by atoms with E-state index in [-0.39, 0.29) is 11.0 Å². The number of rotatable bonds is 3. The highest BCUT2D eigenvalue weighted by atomic mass is 127. The summed E-state index contributed by atoms with van der Waals surface area (Å²) in [6.07, 6.45) is 3.68. The highest BCUT2D eigenvalue weighted by Crippen LogP contribution is 2.30. The molecule has 2 N–H and O–H groups in total. The van der Waals surface area contributed by atoms with Gasteiger partial charge in [0.1, 0.15) is 0 Å². The Labute approximate surface area is 177 Å². The Morgan fingerprint density at radius 1 is 1.08 bits per heavy atom. The van der Waals surface area contributed by atoms with Crippen LogP contribution in [0.25, 0.3) is 0 Å². The van der Waals surface area contributed by atoms with Crippen molar-refractivity contribution in [3.05, 3.63) is 56.6 Å². The first-order chi connectivity index (χ1) is 12.5. The Kier molecular flexibility index (Phi) is 6.72. The molecule has 0 aromatic heterocycles. The standard InChI is InChI=1S/C19H19ClIN3OS/c20-16-12-15(8-9-17(16)24-10-2-1-3-11-24)22-19(26)23-18(25)13-4-6-14(21)7-5-13/h4-9,12H,1-3,10-11H2,(H2,22,23,25,26). The van der Waals surface area contributed by atoms with E-state index >= 15 is 0 Å². The summed E-state index contributed by atoms with van der Waals surface area (Å²) in [5.74, 6) is -0.241. The summed E-state index contributed by atoms with van der Waals surface area (Å²) >= 11 is 13.9. The molecule has 1 heterocycles. The van der Waals surface area contributed by atoms with Gasteiger partial charge in [-0.15, -0.1) is 0 Å². The molecule has 1 amide bonds.